The van der Waals surface area contributed by atoms with Crippen LogP contribution >= 0.6 is 11.8 Å². The van der Waals surface area contributed by atoms with Gasteiger partial charge in [-0.3, -0.25) is 14.3 Å². The summed E-state index contributed by atoms with van der Waals surface area (Å²) in [5, 5.41) is 12.5. The zero-order valence-electron chi connectivity index (χ0n) is 20.6. The number of nitrogens with one attached hydrogen (secondary N) is 1. The number of carbonyl (C=O) groups is 1. The second kappa shape index (κ2) is 11.3. The molecule has 4 aromatic rings. The van der Waals surface area contributed by atoms with Crippen molar-refractivity contribution in [2.24, 2.45) is 0 Å². The minimum atomic E-state index is -0.339. The molecule has 2 unspecified atom stereocenters. The maximum absolute atomic E-state index is 13.0. The molecule has 0 aliphatic carbocycles. The van der Waals surface area contributed by atoms with Crippen LogP contribution < -0.4 is 5.32 Å². The molecule has 2 heterocycles. The lowest BCUT2D eigenvalue weighted by atomic mass is 10.0. The average molecular weight is 486 g/mol. The molecule has 0 fully saturated rings. The molecule has 2 atom stereocenters. The predicted octanol–water partition coefficient (Wildman–Crippen LogP) is 5.85. The molecule has 0 spiro atoms. The lowest BCUT2D eigenvalue weighted by Gasteiger charge is -2.18. The van der Waals surface area contributed by atoms with Gasteiger partial charge in [0.1, 0.15) is 0 Å². The minimum absolute atomic E-state index is 0.0209. The number of rotatable bonds is 9. The summed E-state index contributed by atoms with van der Waals surface area (Å²) in [6, 6.07) is 22.3. The Bertz CT molecular complexity index is 1260. The first-order valence-electron chi connectivity index (χ1n) is 11.9. The fourth-order valence-electron chi connectivity index (χ4n) is 3.93. The third kappa shape index (κ3) is 5.80. The van der Waals surface area contributed by atoms with Crippen LogP contribution in [0.1, 0.15) is 50.7 Å². The summed E-state index contributed by atoms with van der Waals surface area (Å²) >= 11 is 1.41. The summed E-state index contributed by atoms with van der Waals surface area (Å²) in [7, 11) is 0. The molecule has 4 rings (SSSR count). The second-order valence-corrected chi connectivity index (χ2v) is 10.2. The average Bonchev–Trinajstić information content (AvgIpc) is 3.31. The number of nitrogens with zero attached hydrogens (tertiary/aromatic N) is 4. The topological polar surface area (TPSA) is 72.7 Å². The highest BCUT2D eigenvalue weighted by Gasteiger charge is 2.24. The van der Waals surface area contributed by atoms with Gasteiger partial charge in [0.15, 0.2) is 11.0 Å². The third-order valence-electron chi connectivity index (χ3n) is 5.96. The summed E-state index contributed by atoms with van der Waals surface area (Å²) < 4.78 is 2.05. The maximum Gasteiger partial charge on any atom is 0.233 e. The molecule has 35 heavy (non-hydrogen) atoms. The molecular weight excluding hydrogens is 454 g/mol. The van der Waals surface area contributed by atoms with E-state index in [2.05, 4.69) is 65.5 Å². The number of benzene rings is 2. The van der Waals surface area contributed by atoms with E-state index in [1.807, 2.05) is 54.0 Å². The highest BCUT2D eigenvalue weighted by Crippen LogP contribution is 2.33. The number of pyridine rings is 1. The Balaban J connectivity index is 1.59. The Morgan fingerprint density at radius 1 is 0.943 bits per heavy atom. The van der Waals surface area contributed by atoms with Crippen molar-refractivity contribution in [1.82, 2.24) is 25.1 Å². The zero-order chi connectivity index (χ0) is 24.8. The van der Waals surface area contributed by atoms with Crippen molar-refractivity contribution in [2.75, 3.05) is 6.54 Å². The largest absolute Gasteiger partial charge is 0.355 e. The van der Waals surface area contributed by atoms with Crippen LogP contribution in [0.25, 0.3) is 17.1 Å². The van der Waals surface area contributed by atoms with E-state index in [0.717, 1.165) is 11.3 Å². The summed E-state index contributed by atoms with van der Waals surface area (Å²) in [6.07, 6.45) is 3.53. The summed E-state index contributed by atoms with van der Waals surface area (Å²) in [5.74, 6) is 1.23. The van der Waals surface area contributed by atoms with Gasteiger partial charge in [0, 0.05) is 24.5 Å². The zero-order valence-corrected chi connectivity index (χ0v) is 21.4. The molecule has 0 saturated heterocycles. The molecule has 7 heteroatoms. The number of para-hydroxylation sites is 1. The van der Waals surface area contributed by atoms with Crippen molar-refractivity contribution >= 4 is 17.7 Å². The van der Waals surface area contributed by atoms with E-state index in [4.69, 9.17) is 0 Å². The first-order chi connectivity index (χ1) is 17.0. The van der Waals surface area contributed by atoms with Gasteiger partial charge >= 0.3 is 0 Å². The highest BCUT2D eigenvalue weighted by molar-refractivity contribution is 8.00. The molecule has 0 aliphatic heterocycles. The van der Waals surface area contributed by atoms with E-state index in [1.54, 1.807) is 12.4 Å². The molecule has 0 bridgehead atoms. The van der Waals surface area contributed by atoms with E-state index in [1.165, 1.54) is 22.9 Å². The van der Waals surface area contributed by atoms with Crippen LogP contribution in [0.3, 0.4) is 0 Å². The predicted molar refractivity (Wildman–Crippen MR) is 142 cm³/mol. The van der Waals surface area contributed by atoms with Gasteiger partial charge in [0.25, 0.3) is 0 Å². The SMILES string of the molecule is CC(Sc1nnc(-c2cccnc2)n1-c1ccccc1C(C)C)C(=O)NCC(C)c1ccccc1. The van der Waals surface area contributed by atoms with Crippen molar-refractivity contribution in [3.05, 3.63) is 90.3 Å². The fraction of sp³-hybridized carbons (Fsp3) is 0.286. The van der Waals surface area contributed by atoms with Gasteiger partial charge in [0.2, 0.25) is 5.91 Å². The normalized spacial score (nSPS) is 12.9. The lowest BCUT2D eigenvalue weighted by Crippen LogP contribution is -2.33. The van der Waals surface area contributed by atoms with Crippen molar-refractivity contribution in [1.29, 1.82) is 0 Å². The highest BCUT2D eigenvalue weighted by atomic mass is 32.2. The molecule has 1 amide bonds. The Labute approximate surface area is 211 Å². The third-order valence-corrected chi connectivity index (χ3v) is 7.00. The number of amides is 1. The van der Waals surface area contributed by atoms with Gasteiger partial charge in [0.05, 0.1) is 10.9 Å². The maximum atomic E-state index is 13.0. The van der Waals surface area contributed by atoms with Crippen LogP contribution in [-0.4, -0.2) is 37.5 Å². The minimum Gasteiger partial charge on any atom is -0.355 e. The van der Waals surface area contributed by atoms with Crippen molar-refractivity contribution < 1.29 is 4.79 Å². The van der Waals surface area contributed by atoms with E-state index >= 15 is 0 Å². The van der Waals surface area contributed by atoms with E-state index in [-0.39, 0.29) is 17.1 Å². The van der Waals surface area contributed by atoms with E-state index < -0.39 is 0 Å². The first-order valence-corrected chi connectivity index (χ1v) is 12.8. The quantitative estimate of drug-likeness (QED) is 0.301. The molecule has 2 aromatic carbocycles. The van der Waals surface area contributed by atoms with E-state index in [0.29, 0.717) is 23.4 Å². The molecule has 0 aliphatic rings. The molecule has 0 radical (unpaired) electrons. The number of hydrogen-bond acceptors (Lipinski definition) is 5. The second-order valence-electron chi connectivity index (χ2n) is 8.91. The van der Waals surface area contributed by atoms with Crippen LogP contribution in [0.15, 0.2) is 84.3 Å². The number of carbonyl (C=O) groups excluding carboxylic acids is 1. The Hall–Kier alpha value is -3.45. The Morgan fingerprint density at radius 3 is 2.40 bits per heavy atom. The van der Waals surface area contributed by atoms with Gasteiger partial charge in [-0.15, -0.1) is 10.2 Å². The van der Waals surface area contributed by atoms with Gasteiger partial charge in [-0.1, -0.05) is 81.1 Å². The smallest absolute Gasteiger partial charge is 0.233 e. The molecule has 2 aromatic heterocycles. The van der Waals surface area contributed by atoms with E-state index in [9.17, 15) is 4.79 Å². The number of hydrogen-bond donors (Lipinski definition) is 1. The van der Waals surface area contributed by atoms with Crippen LogP contribution in [0.5, 0.6) is 0 Å². The Morgan fingerprint density at radius 2 is 1.69 bits per heavy atom. The van der Waals surface area contributed by atoms with Crippen LogP contribution in [-0.2, 0) is 4.79 Å². The molecular formula is C28H31N5OS. The van der Waals surface area contributed by atoms with Crippen LogP contribution in [0, 0.1) is 0 Å². The van der Waals surface area contributed by atoms with Gasteiger partial charge in [-0.2, -0.15) is 0 Å². The number of thioether (sulfide) groups is 1. The fourth-order valence-corrected chi connectivity index (χ4v) is 4.82. The number of aromatic nitrogens is 4. The van der Waals surface area contributed by atoms with Crippen LogP contribution in [0.2, 0.25) is 0 Å². The standard InChI is InChI=1S/C28H31N5OS/c1-19(2)24-14-8-9-15-25(24)33-26(23-13-10-16-29-18-23)31-32-28(33)35-21(4)27(34)30-17-20(3)22-11-6-5-7-12-22/h5-16,18-21H,17H2,1-4H3,(H,30,34). The van der Waals surface area contributed by atoms with Crippen molar-refractivity contribution in [3.63, 3.8) is 0 Å². The van der Waals surface area contributed by atoms with Crippen LogP contribution in [0.4, 0.5) is 0 Å². The Kier molecular flexibility index (Phi) is 7.98. The van der Waals surface area contributed by atoms with Crippen molar-refractivity contribution in [2.45, 2.75) is 49.9 Å². The molecule has 0 saturated carbocycles. The van der Waals surface area contributed by atoms with Crippen molar-refractivity contribution in [3.8, 4) is 17.1 Å². The lowest BCUT2D eigenvalue weighted by molar-refractivity contribution is -0.120. The monoisotopic (exact) mass is 485 g/mol. The summed E-state index contributed by atoms with van der Waals surface area (Å²) in [5.41, 5.74) is 4.28. The molecule has 6 nitrogen and oxygen atoms in total. The van der Waals surface area contributed by atoms with Gasteiger partial charge in [-0.25, -0.2) is 0 Å². The summed E-state index contributed by atoms with van der Waals surface area (Å²) in [6.45, 7) is 8.95. The summed E-state index contributed by atoms with van der Waals surface area (Å²) in [4.78, 5) is 17.2. The van der Waals surface area contributed by atoms with Gasteiger partial charge in [-0.05, 0) is 48.1 Å². The molecule has 180 valence electrons. The van der Waals surface area contributed by atoms with Gasteiger partial charge < -0.3 is 5.32 Å². The molecule has 1 N–H and O–H groups in total. The first kappa shape index (κ1) is 24.7.